The van der Waals surface area contributed by atoms with Gasteiger partial charge in [-0.3, -0.25) is 9.88 Å². The molecule has 124 valence electrons. The highest BCUT2D eigenvalue weighted by Gasteiger charge is 2.28. The number of aromatic nitrogens is 3. The molecule has 1 unspecified atom stereocenters. The number of imidazole rings is 1. The van der Waals surface area contributed by atoms with E-state index in [9.17, 15) is 0 Å². The molecule has 0 spiro atoms. The van der Waals surface area contributed by atoms with Crippen molar-refractivity contribution in [2.45, 2.75) is 19.5 Å². The van der Waals surface area contributed by atoms with Gasteiger partial charge < -0.3 is 9.88 Å². The van der Waals surface area contributed by atoms with Crippen LogP contribution < -0.4 is 5.32 Å². The van der Waals surface area contributed by atoms with Crippen molar-refractivity contribution in [1.82, 2.24) is 24.8 Å². The Morgan fingerprint density at radius 3 is 2.71 bits per heavy atom. The Bertz CT molecular complexity index is 805. The first kappa shape index (κ1) is 15.3. The second-order valence-corrected chi connectivity index (χ2v) is 6.18. The summed E-state index contributed by atoms with van der Waals surface area (Å²) < 4.78 is 2.34. The number of nitrogens with zero attached hydrogens (tertiary/aromatic N) is 4. The molecule has 1 atom stereocenters. The molecule has 0 radical (unpaired) electrons. The van der Waals surface area contributed by atoms with E-state index in [-0.39, 0.29) is 6.04 Å². The van der Waals surface area contributed by atoms with Gasteiger partial charge in [0.15, 0.2) is 0 Å². The zero-order chi connectivity index (χ0) is 16.4. The van der Waals surface area contributed by atoms with Crippen LogP contribution in [0.1, 0.15) is 24.4 Å². The maximum absolute atomic E-state index is 5.01. The molecular weight excluding hydrogens is 298 g/mol. The average molecular weight is 321 g/mol. The third-order valence-corrected chi connectivity index (χ3v) is 4.76. The van der Waals surface area contributed by atoms with Crippen LogP contribution in [0.2, 0.25) is 0 Å². The van der Waals surface area contributed by atoms with Crippen LogP contribution in [0.15, 0.2) is 48.8 Å². The van der Waals surface area contributed by atoms with Crippen LogP contribution in [-0.4, -0.2) is 45.6 Å². The number of aryl methyl sites for hydroxylation is 1. The van der Waals surface area contributed by atoms with Crippen molar-refractivity contribution in [1.29, 1.82) is 0 Å². The van der Waals surface area contributed by atoms with Gasteiger partial charge in [-0.2, -0.15) is 0 Å². The first-order chi connectivity index (χ1) is 11.9. The minimum Gasteiger partial charge on any atom is -0.327 e. The van der Waals surface area contributed by atoms with Crippen LogP contribution in [0.4, 0.5) is 0 Å². The Kier molecular flexibility index (Phi) is 4.28. The first-order valence-corrected chi connectivity index (χ1v) is 8.68. The van der Waals surface area contributed by atoms with E-state index in [0.29, 0.717) is 0 Å². The van der Waals surface area contributed by atoms with Crippen molar-refractivity contribution in [2.24, 2.45) is 0 Å². The summed E-state index contributed by atoms with van der Waals surface area (Å²) in [7, 11) is 0. The van der Waals surface area contributed by atoms with E-state index in [0.717, 1.165) is 44.1 Å². The molecule has 1 aliphatic heterocycles. The van der Waals surface area contributed by atoms with Crippen molar-refractivity contribution >= 4 is 11.0 Å². The summed E-state index contributed by atoms with van der Waals surface area (Å²) in [5.74, 6) is 1.12. The molecule has 1 aromatic carbocycles. The van der Waals surface area contributed by atoms with Crippen molar-refractivity contribution in [3.8, 4) is 0 Å². The lowest BCUT2D eigenvalue weighted by molar-refractivity contribution is 0.189. The van der Waals surface area contributed by atoms with Gasteiger partial charge in [-0.05, 0) is 30.7 Å². The lowest BCUT2D eigenvalue weighted by atomic mass is 10.1. The zero-order valence-corrected chi connectivity index (χ0v) is 14.0. The highest BCUT2D eigenvalue weighted by atomic mass is 15.2. The third kappa shape index (κ3) is 2.70. The molecule has 2 aromatic heterocycles. The highest BCUT2D eigenvalue weighted by molar-refractivity contribution is 5.76. The molecular formula is C19H23N5. The number of benzene rings is 1. The van der Waals surface area contributed by atoms with E-state index in [1.807, 2.05) is 18.5 Å². The number of fused-ring (bicyclic) bond motifs is 1. The van der Waals surface area contributed by atoms with Crippen LogP contribution in [0.25, 0.3) is 11.0 Å². The van der Waals surface area contributed by atoms with Gasteiger partial charge >= 0.3 is 0 Å². The van der Waals surface area contributed by atoms with Crippen LogP contribution in [0.3, 0.4) is 0 Å². The fourth-order valence-corrected chi connectivity index (χ4v) is 3.64. The topological polar surface area (TPSA) is 46.0 Å². The summed E-state index contributed by atoms with van der Waals surface area (Å²) in [5.41, 5.74) is 3.49. The van der Waals surface area contributed by atoms with Gasteiger partial charge in [0.1, 0.15) is 5.82 Å². The van der Waals surface area contributed by atoms with Crippen molar-refractivity contribution in [3.63, 3.8) is 0 Å². The molecule has 1 aliphatic rings. The first-order valence-electron chi connectivity index (χ1n) is 8.68. The maximum atomic E-state index is 5.01. The van der Waals surface area contributed by atoms with Crippen LogP contribution in [-0.2, 0) is 6.54 Å². The van der Waals surface area contributed by atoms with Gasteiger partial charge in [-0.15, -0.1) is 0 Å². The normalized spacial score (nSPS) is 17.2. The summed E-state index contributed by atoms with van der Waals surface area (Å²) >= 11 is 0. The molecule has 24 heavy (non-hydrogen) atoms. The van der Waals surface area contributed by atoms with Gasteiger partial charge in [-0.25, -0.2) is 4.98 Å². The number of piperazine rings is 1. The molecule has 0 saturated carbocycles. The van der Waals surface area contributed by atoms with Gasteiger partial charge in [0, 0.05) is 45.1 Å². The Labute approximate surface area is 142 Å². The lowest BCUT2D eigenvalue weighted by Gasteiger charge is -2.34. The second kappa shape index (κ2) is 6.71. The molecule has 1 saturated heterocycles. The molecule has 1 fully saturated rings. The van der Waals surface area contributed by atoms with Crippen LogP contribution in [0, 0.1) is 0 Å². The number of pyridine rings is 1. The maximum Gasteiger partial charge on any atom is 0.131 e. The van der Waals surface area contributed by atoms with Gasteiger partial charge in [-0.1, -0.05) is 18.2 Å². The minimum atomic E-state index is 0.146. The largest absolute Gasteiger partial charge is 0.327 e. The number of hydrogen-bond acceptors (Lipinski definition) is 4. The van der Waals surface area contributed by atoms with E-state index in [4.69, 9.17) is 4.98 Å². The Hall–Kier alpha value is -2.24. The van der Waals surface area contributed by atoms with Crippen molar-refractivity contribution in [3.05, 3.63) is 60.2 Å². The van der Waals surface area contributed by atoms with Crippen LogP contribution >= 0.6 is 0 Å². The van der Waals surface area contributed by atoms with E-state index in [2.05, 4.69) is 57.0 Å². The molecule has 1 N–H and O–H groups in total. The number of para-hydroxylation sites is 2. The average Bonchev–Trinajstić information content (AvgIpc) is 3.02. The third-order valence-electron chi connectivity index (χ3n) is 4.76. The quantitative estimate of drug-likeness (QED) is 0.802. The molecule has 4 rings (SSSR count). The number of rotatable bonds is 4. The zero-order valence-electron chi connectivity index (χ0n) is 14.0. The molecule has 5 heteroatoms. The Morgan fingerprint density at radius 1 is 1.12 bits per heavy atom. The van der Waals surface area contributed by atoms with E-state index < -0.39 is 0 Å². The standard InChI is InChI=1S/C19H23N5/c1-2-24-17-8-4-3-7-16(17)22-19(24)18(15-6-5-9-21-14-15)23-12-10-20-11-13-23/h3-9,14,18,20H,2,10-13H2,1H3. The summed E-state index contributed by atoms with van der Waals surface area (Å²) in [6.45, 7) is 7.18. The number of hydrogen-bond donors (Lipinski definition) is 1. The molecule has 0 aliphatic carbocycles. The van der Waals surface area contributed by atoms with E-state index in [1.165, 1.54) is 11.1 Å². The predicted octanol–water partition coefficient (Wildman–Crippen LogP) is 2.45. The summed E-state index contributed by atoms with van der Waals surface area (Å²) in [5, 5.41) is 3.44. The fraction of sp³-hybridized carbons (Fsp3) is 0.368. The number of nitrogens with one attached hydrogen (secondary N) is 1. The van der Waals surface area contributed by atoms with Gasteiger partial charge in [0.25, 0.3) is 0 Å². The van der Waals surface area contributed by atoms with Gasteiger partial charge in [0.2, 0.25) is 0 Å². The molecule has 0 amide bonds. The fourth-order valence-electron chi connectivity index (χ4n) is 3.64. The Balaban J connectivity index is 1.87. The monoisotopic (exact) mass is 321 g/mol. The summed E-state index contributed by atoms with van der Waals surface area (Å²) in [4.78, 5) is 11.9. The smallest absolute Gasteiger partial charge is 0.131 e. The van der Waals surface area contributed by atoms with Gasteiger partial charge in [0.05, 0.1) is 17.1 Å². The minimum absolute atomic E-state index is 0.146. The van der Waals surface area contributed by atoms with E-state index in [1.54, 1.807) is 0 Å². The lowest BCUT2D eigenvalue weighted by Crippen LogP contribution is -2.46. The summed E-state index contributed by atoms with van der Waals surface area (Å²) in [6.07, 6.45) is 3.81. The SMILES string of the molecule is CCn1c(C(c2cccnc2)N2CCNCC2)nc2ccccc21. The molecule has 0 bridgehead atoms. The van der Waals surface area contributed by atoms with Crippen molar-refractivity contribution < 1.29 is 0 Å². The van der Waals surface area contributed by atoms with E-state index >= 15 is 0 Å². The second-order valence-electron chi connectivity index (χ2n) is 6.18. The predicted molar refractivity (Wildman–Crippen MR) is 95.9 cm³/mol. The van der Waals surface area contributed by atoms with Crippen LogP contribution in [0.5, 0.6) is 0 Å². The molecule has 5 nitrogen and oxygen atoms in total. The Morgan fingerprint density at radius 2 is 1.96 bits per heavy atom. The molecule has 3 heterocycles. The highest BCUT2D eigenvalue weighted by Crippen LogP contribution is 2.30. The molecule has 3 aromatic rings. The van der Waals surface area contributed by atoms with Crippen molar-refractivity contribution in [2.75, 3.05) is 26.2 Å². The summed E-state index contributed by atoms with van der Waals surface area (Å²) in [6, 6.07) is 12.7.